The molecule has 0 radical (unpaired) electrons. The minimum Gasteiger partial charge on any atom is -0.398 e. The summed E-state index contributed by atoms with van der Waals surface area (Å²) in [5, 5.41) is 0. The van der Waals surface area contributed by atoms with Gasteiger partial charge >= 0.3 is 0 Å². The van der Waals surface area contributed by atoms with Crippen molar-refractivity contribution >= 4 is 5.69 Å². The summed E-state index contributed by atoms with van der Waals surface area (Å²) in [6.45, 7) is 2.03. The smallest absolute Gasteiger partial charge is 0.123 e. The van der Waals surface area contributed by atoms with Crippen LogP contribution in [0.3, 0.4) is 0 Å². The molecule has 2 aromatic carbocycles. The Morgan fingerprint density at radius 1 is 1.16 bits per heavy atom. The van der Waals surface area contributed by atoms with E-state index in [-0.39, 0.29) is 11.9 Å². The number of nitrogens with two attached hydrogens (primary N) is 2. The van der Waals surface area contributed by atoms with Gasteiger partial charge in [0, 0.05) is 5.69 Å². The standard InChI is InChI=1S/C15H18FN3/c1-10-2-4-11(5-3-10)8-15(19-18)13-9-12(16)6-7-14(13)17/h2-7,9,15,19H,8,17-18H2,1H3. The maximum absolute atomic E-state index is 13.3. The monoisotopic (exact) mass is 259 g/mol. The first-order valence-electron chi connectivity index (χ1n) is 6.16. The largest absolute Gasteiger partial charge is 0.398 e. The Morgan fingerprint density at radius 3 is 2.47 bits per heavy atom. The predicted molar refractivity (Wildman–Crippen MR) is 75.8 cm³/mol. The molecule has 100 valence electrons. The molecule has 0 saturated carbocycles. The van der Waals surface area contributed by atoms with Gasteiger partial charge in [0.25, 0.3) is 0 Å². The lowest BCUT2D eigenvalue weighted by Crippen LogP contribution is -2.30. The highest BCUT2D eigenvalue weighted by atomic mass is 19.1. The van der Waals surface area contributed by atoms with Crippen molar-refractivity contribution in [3.8, 4) is 0 Å². The van der Waals surface area contributed by atoms with Crippen LogP contribution in [0.25, 0.3) is 0 Å². The van der Waals surface area contributed by atoms with E-state index in [2.05, 4.69) is 5.43 Å². The average Bonchev–Trinajstić information content (AvgIpc) is 2.41. The molecule has 3 nitrogen and oxygen atoms in total. The van der Waals surface area contributed by atoms with Crippen molar-refractivity contribution in [3.63, 3.8) is 0 Å². The number of halogens is 1. The van der Waals surface area contributed by atoms with Gasteiger partial charge in [-0.3, -0.25) is 11.3 Å². The molecule has 0 aliphatic heterocycles. The number of nitrogens with one attached hydrogen (secondary N) is 1. The second kappa shape index (κ2) is 5.82. The fourth-order valence-corrected chi connectivity index (χ4v) is 2.07. The van der Waals surface area contributed by atoms with Gasteiger partial charge in [-0.05, 0) is 42.7 Å². The molecule has 0 aliphatic carbocycles. The van der Waals surface area contributed by atoms with E-state index < -0.39 is 0 Å². The summed E-state index contributed by atoms with van der Waals surface area (Å²) in [5.41, 5.74) is 12.1. The molecule has 19 heavy (non-hydrogen) atoms. The number of rotatable bonds is 4. The van der Waals surface area contributed by atoms with Crippen LogP contribution in [0.15, 0.2) is 42.5 Å². The van der Waals surface area contributed by atoms with Crippen LogP contribution in [-0.4, -0.2) is 0 Å². The third-order valence-corrected chi connectivity index (χ3v) is 3.19. The second-order valence-corrected chi connectivity index (χ2v) is 4.68. The van der Waals surface area contributed by atoms with Gasteiger partial charge in [0.2, 0.25) is 0 Å². The quantitative estimate of drug-likeness (QED) is 0.449. The summed E-state index contributed by atoms with van der Waals surface area (Å²) in [6, 6.07) is 12.3. The molecule has 1 atom stereocenters. The van der Waals surface area contributed by atoms with Crippen LogP contribution >= 0.6 is 0 Å². The molecule has 0 bridgehead atoms. The van der Waals surface area contributed by atoms with Gasteiger partial charge in [0.15, 0.2) is 0 Å². The molecule has 0 fully saturated rings. The fraction of sp³-hybridized carbons (Fsp3) is 0.200. The second-order valence-electron chi connectivity index (χ2n) is 4.68. The Bertz CT molecular complexity index is 552. The van der Waals surface area contributed by atoms with Gasteiger partial charge in [-0.15, -0.1) is 0 Å². The lowest BCUT2D eigenvalue weighted by molar-refractivity contribution is 0.546. The van der Waals surface area contributed by atoms with Crippen molar-refractivity contribution in [3.05, 3.63) is 65.0 Å². The topological polar surface area (TPSA) is 64.1 Å². The van der Waals surface area contributed by atoms with Crippen molar-refractivity contribution in [2.75, 3.05) is 5.73 Å². The van der Waals surface area contributed by atoms with E-state index in [0.29, 0.717) is 17.7 Å². The van der Waals surface area contributed by atoms with Crippen LogP contribution in [0.1, 0.15) is 22.7 Å². The van der Waals surface area contributed by atoms with Gasteiger partial charge in [-0.25, -0.2) is 4.39 Å². The first-order chi connectivity index (χ1) is 9.10. The number of benzene rings is 2. The van der Waals surface area contributed by atoms with Crippen molar-refractivity contribution in [1.29, 1.82) is 0 Å². The van der Waals surface area contributed by atoms with E-state index >= 15 is 0 Å². The van der Waals surface area contributed by atoms with E-state index in [4.69, 9.17) is 11.6 Å². The molecule has 2 aromatic rings. The van der Waals surface area contributed by atoms with Crippen LogP contribution in [0, 0.1) is 12.7 Å². The van der Waals surface area contributed by atoms with Crippen LogP contribution in [-0.2, 0) is 6.42 Å². The van der Waals surface area contributed by atoms with E-state index in [1.54, 1.807) is 6.07 Å². The van der Waals surface area contributed by atoms with Gasteiger partial charge in [-0.2, -0.15) is 0 Å². The Labute approximate surface area is 112 Å². The Hall–Kier alpha value is -1.91. The summed E-state index contributed by atoms with van der Waals surface area (Å²) in [7, 11) is 0. The zero-order chi connectivity index (χ0) is 13.8. The normalized spacial score (nSPS) is 12.4. The molecule has 0 spiro atoms. The van der Waals surface area contributed by atoms with E-state index in [9.17, 15) is 4.39 Å². The molecular formula is C15H18FN3. The number of hydrazine groups is 1. The Kier molecular flexibility index (Phi) is 4.14. The Morgan fingerprint density at radius 2 is 1.84 bits per heavy atom. The third-order valence-electron chi connectivity index (χ3n) is 3.19. The van der Waals surface area contributed by atoms with Gasteiger partial charge in [0.05, 0.1) is 6.04 Å². The minimum atomic E-state index is -0.312. The van der Waals surface area contributed by atoms with Crippen molar-refractivity contribution in [2.45, 2.75) is 19.4 Å². The first kappa shape index (κ1) is 13.5. The number of hydrogen-bond donors (Lipinski definition) is 3. The molecule has 0 aliphatic rings. The zero-order valence-corrected chi connectivity index (χ0v) is 10.9. The molecular weight excluding hydrogens is 241 g/mol. The first-order valence-corrected chi connectivity index (χ1v) is 6.16. The van der Waals surface area contributed by atoms with Crippen LogP contribution < -0.4 is 17.0 Å². The summed E-state index contributed by atoms with van der Waals surface area (Å²) < 4.78 is 13.3. The molecule has 5 N–H and O–H groups in total. The van der Waals surface area contributed by atoms with E-state index in [0.717, 1.165) is 5.56 Å². The fourth-order valence-electron chi connectivity index (χ4n) is 2.07. The Balaban J connectivity index is 2.24. The highest BCUT2D eigenvalue weighted by Gasteiger charge is 2.14. The van der Waals surface area contributed by atoms with Crippen molar-refractivity contribution < 1.29 is 4.39 Å². The molecule has 0 saturated heterocycles. The lowest BCUT2D eigenvalue weighted by atomic mass is 9.97. The number of hydrogen-bond acceptors (Lipinski definition) is 3. The van der Waals surface area contributed by atoms with Crippen LogP contribution in [0.2, 0.25) is 0 Å². The van der Waals surface area contributed by atoms with Crippen molar-refractivity contribution in [2.24, 2.45) is 5.84 Å². The van der Waals surface area contributed by atoms with E-state index in [1.807, 2.05) is 31.2 Å². The average molecular weight is 259 g/mol. The van der Waals surface area contributed by atoms with Crippen LogP contribution in [0.5, 0.6) is 0 Å². The minimum absolute atomic E-state index is 0.210. The van der Waals surface area contributed by atoms with Gasteiger partial charge in [0.1, 0.15) is 5.82 Å². The van der Waals surface area contributed by atoms with Gasteiger partial charge in [-0.1, -0.05) is 29.8 Å². The molecule has 0 heterocycles. The predicted octanol–water partition coefficient (Wildman–Crippen LogP) is 2.46. The lowest BCUT2D eigenvalue weighted by Gasteiger charge is -2.18. The molecule has 2 rings (SSSR count). The molecule has 0 amide bonds. The van der Waals surface area contributed by atoms with E-state index in [1.165, 1.54) is 17.7 Å². The molecule has 4 heteroatoms. The highest BCUT2D eigenvalue weighted by molar-refractivity contribution is 5.49. The van der Waals surface area contributed by atoms with Crippen LogP contribution in [0.4, 0.5) is 10.1 Å². The number of anilines is 1. The summed E-state index contributed by atoms with van der Waals surface area (Å²) >= 11 is 0. The third kappa shape index (κ3) is 3.30. The summed E-state index contributed by atoms with van der Waals surface area (Å²) in [6.07, 6.45) is 0.657. The molecule has 1 unspecified atom stereocenters. The maximum atomic E-state index is 13.3. The number of nitrogen functional groups attached to an aromatic ring is 1. The molecule has 0 aromatic heterocycles. The zero-order valence-electron chi connectivity index (χ0n) is 10.9. The van der Waals surface area contributed by atoms with Crippen molar-refractivity contribution in [1.82, 2.24) is 5.43 Å². The SMILES string of the molecule is Cc1ccc(CC(NN)c2cc(F)ccc2N)cc1. The number of aryl methyl sites for hydroxylation is 1. The maximum Gasteiger partial charge on any atom is 0.123 e. The van der Waals surface area contributed by atoms with Gasteiger partial charge < -0.3 is 5.73 Å². The summed E-state index contributed by atoms with van der Waals surface area (Å²) in [5.74, 6) is 5.26. The highest BCUT2D eigenvalue weighted by Crippen LogP contribution is 2.24. The summed E-state index contributed by atoms with van der Waals surface area (Å²) in [4.78, 5) is 0.